The Bertz CT molecular complexity index is 1600. The molecule has 2 aliphatic rings. The van der Waals surface area contributed by atoms with Gasteiger partial charge in [0, 0.05) is 38.8 Å². The molecular formula is C30H24N2. The van der Waals surface area contributed by atoms with Gasteiger partial charge in [0.25, 0.3) is 0 Å². The Hall–Kier alpha value is -3.78. The molecule has 2 heteroatoms. The zero-order valence-electron chi connectivity index (χ0n) is 18.0. The van der Waals surface area contributed by atoms with Gasteiger partial charge in [0.2, 0.25) is 0 Å². The van der Waals surface area contributed by atoms with Gasteiger partial charge in [-0.2, -0.15) is 0 Å². The summed E-state index contributed by atoms with van der Waals surface area (Å²) in [6.07, 6.45) is 15.8. The highest BCUT2D eigenvalue weighted by molar-refractivity contribution is 6.20. The van der Waals surface area contributed by atoms with Gasteiger partial charge in [-0.05, 0) is 50.0 Å². The van der Waals surface area contributed by atoms with Crippen molar-refractivity contribution >= 4 is 44.5 Å². The van der Waals surface area contributed by atoms with Crippen molar-refractivity contribution in [3.05, 3.63) is 102 Å². The zero-order chi connectivity index (χ0) is 21.1. The lowest BCUT2D eigenvalue weighted by atomic mass is 10.0. The maximum atomic E-state index is 2.53. The van der Waals surface area contributed by atoms with E-state index < -0.39 is 0 Å². The van der Waals surface area contributed by atoms with Crippen molar-refractivity contribution in [2.24, 2.45) is 0 Å². The lowest BCUT2D eigenvalue weighted by Gasteiger charge is -2.17. The molecule has 0 spiro atoms. The molecule has 0 unspecified atom stereocenters. The average molecular weight is 413 g/mol. The maximum Gasteiger partial charge on any atom is 0.0786 e. The lowest BCUT2D eigenvalue weighted by molar-refractivity contribution is 0.888. The van der Waals surface area contributed by atoms with E-state index in [1.807, 2.05) is 0 Å². The van der Waals surface area contributed by atoms with Gasteiger partial charge in [-0.1, -0.05) is 72.8 Å². The Morgan fingerprint density at radius 1 is 0.625 bits per heavy atom. The third-order valence-electron chi connectivity index (χ3n) is 7.03. The van der Waals surface area contributed by atoms with Gasteiger partial charge in [-0.25, -0.2) is 0 Å². The lowest BCUT2D eigenvalue weighted by Crippen LogP contribution is -2.04. The van der Waals surface area contributed by atoms with Crippen molar-refractivity contribution in [1.29, 1.82) is 0 Å². The molecule has 0 aliphatic heterocycles. The fourth-order valence-corrected chi connectivity index (χ4v) is 5.68. The highest BCUT2D eigenvalue weighted by Gasteiger charge is 2.24. The van der Waals surface area contributed by atoms with Crippen LogP contribution in [-0.2, 0) is 6.42 Å². The zero-order valence-corrected chi connectivity index (χ0v) is 18.0. The van der Waals surface area contributed by atoms with Crippen LogP contribution in [-0.4, -0.2) is 9.13 Å². The summed E-state index contributed by atoms with van der Waals surface area (Å²) >= 11 is 0. The van der Waals surface area contributed by atoms with E-state index in [0.29, 0.717) is 0 Å². The van der Waals surface area contributed by atoms with Crippen LogP contribution < -0.4 is 0 Å². The Morgan fingerprint density at radius 2 is 1.41 bits per heavy atom. The predicted molar refractivity (Wildman–Crippen MR) is 136 cm³/mol. The van der Waals surface area contributed by atoms with Crippen molar-refractivity contribution in [2.45, 2.75) is 25.7 Å². The topological polar surface area (TPSA) is 9.86 Å². The Balaban J connectivity index is 1.74. The summed E-state index contributed by atoms with van der Waals surface area (Å²) in [5.74, 6) is 0. The highest BCUT2D eigenvalue weighted by atomic mass is 15.1. The van der Waals surface area contributed by atoms with Gasteiger partial charge >= 0.3 is 0 Å². The smallest absolute Gasteiger partial charge is 0.0786 e. The van der Waals surface area contributed by atoms with E-state index in [1.54, 1.807) is 0 Å². The van der Waals surface area contributed by atoms with Crippen molar-refractivity contribution in [2.75, 3.05) is 0 Å². The molecule has 2 heterocycles. The standard InChI is InChI=1S/C30H24N2/c1-3-11-21(12-4-1)31-27-17-9-7-15-23(27)25-19-20-26-24-16-8-10-18-28(24)32(30(26)29(25)31)22-13-5-2-6-14-22/h1-5,7-8,10-13,15-16,18-20H,6,9,14,17H2. The molecule has 3 aromatic carbocycles. The number of aromatic nitrogens is 2. The number of fused-ring (bicyclic) bond motifs is 7. The summed E-state index contributed by atoms with van der Waals surface area (Å²) in [6, 6.07) is 24.4. The summed E-state index contributed by atoms with van der Waals surface area (Å²) in [5.41, 5.74) is 9.39. The fraction of sp³-hybridized carbons (Fsp3) is 0.133. The summed E-state index contributed by atoms with van der Waals surface area (Å²) in [4.78, 5) is 0. The van der Waals surface area contributed by atoms with Crippen LogP contribution in [0.15, 0.2) is 91.0 Å². The summed E-state index contributed by atoms with van der Waals surface area (Å²) in [7, 11) is 0. The first-order chi connectivity index (χ1) is 15.9. The molecule has 7 rings (SSSR count). The number of para-hydroxylation sites is 2. The van der Waals surface area contributed by atoms with Gasteiger partial charge in [0.05, 0.1) is 16.6 Å². The number of nitrogens with zero attached hydrogens (tertiary/aromatic N) is 2. The number of hydrogen-bond donors (Lipinski definition) is 0. The average Bonchev–Trinajstić information content (AvgIpc) is 3.38. The van der Waals surface area contributed by atoms with Crippen LogP contribution in [0.2, 0.25) is 0 Å². The summed E-state index contributed by atoms with van der Waals surface area (Å²) < 4.78 is 5.07. The molecular weight excluding hydrogens is 388 g/mol. The molecule has 0 atom stereocenters. The second kappa shape index (κ2) is 6.86. The van der Waals surface area contributed by atoms with Crippen LogP contribution in [0.1, 0.15) is 30.5 Å². The number of benzene rings is 3. The molecule has 0 saturated heterocycles. The highest BCUT2D eigenvalue weighted by Crippen LogP contribution is 2.42. The van der Waals surface area contributed by atoms with Crippen LogP contribution in [0, 0.1) is 0 Å². The largest absolute Gasteiger partial charge is 0.311 e. The van der Waals surface area contributed by atoms with E-state index in [2.05, 4.69) is 106 Å². The van der Waals surface area contributed by atoms with Crippen LogP contribution in [0.4, 0.5) is 0 Å². The third kappa shape index (κ3) is 2.41. The number of hydrogen-bond acceptors (Lipinski definition) is 0. The molecule has 32 heavy (non-hydrogen) atoms. The first kappa shape index (κ1) is 17.9. The van der Waals surface area contributed by atoms with E-state index >= 15 is 0 Å². The van der Waals surface area contributed by atoms with E-state index in [-0.39, 0.29) is 0 Å². The quantitative estimate of drug-likeness (QED) is 0.279. The monoisotopic (exact) mass is 412 g/mol. The molecule has 2 nitrogen and oxygen atoms in total. The molecule has 0 bridgehead atoms. The van der Waals surface area contributed by atoms with E-state index in [4.69, 9.17) is 0 Å². The van der Waals surface area contributed by atoms with Crippen LogP contribution >= 0.6 is 0 Å². The molecule has 5 aromatic rings. The molecule has 0 amide bonds. The van der Waals surface area contributed by atoms with E-state index in [9.17, 15) is 0 Å². The van der Waals surface area contributed by atoms with Gasteiger partial charge in [0.15, 0.2) is 0 Å². The molecule has 0 N–H and O–H groups in total. The van der Waals surface area contributed by atoms with Gasteiger partial charge in [0.1, 0.15) is 0 Å². The Morgan fingerprint density at radius 3 is 2.28 bits per heavy atom. The van der Waals surface area contributed by atoms with Crippen molar-refractivity contribution < 1.29 is 0 Å². The minimum Gasteiger partial charge on any atom is -0.311 e. The van der Waals surface area contributed by atoms with Gasteiger partial charge < -0.3 is 9.13 Å². The Kier molecular flexibility index (Phi) is 3.83. The third-order valence-corrected chi connectivity index (χ3v) is 7.03. The fourth-order valence-electron chi connectivity index (χ4n) is 5.68. The number of rotatable bonds is 2. The normalized spacial score (nSPS) is 15.6. The Labute approximate surface area is 187 Å². The molecule has 2 aromatic heterocycles. The second-order valence-corrected chi connectivity index (χ2v) is 8.81. The van der Waals surface area contributed by atoms with Gasteiger partial charge in [-0.15, -0.1) is 0 Å². The summed E-state index contributed by atoms with van der Waals surface area (Å²) in [6.45, 7) is 0. The second-order valence-electron chi connectivity index (χ2n) is 8.81. The SMILES string of the molecule is C1=CCCC(n2c3ccccc3c3ccc4c5c(n(-c6ccccc6)c4c32)CCC=C5)=C1. The summed E-state index contributed by atoms with van der Waals surface area (Å²) in [5, 5.41) is 4.01. The maximum absolute atomic E-state index is 2.53. The van der Waals surface area contributed by atoms with Crippen LogP contribution in [0.5, 0.6) is 0 Å². The minimum absolute atomic E-state index is 1.06. The molecule has 2 aliphatic carbocycles. The number of allylic oxidation sites excluding steroid dienone is 5. The molecule has 0 saturated carbocycles. The van der Waals surface area contributed by atoms with Crippen molar-refractivity contribution in [1.82, 2.24) is 9.13 Å². The first-order valence-corrected chi connectivity index (χ1v) is 11.6. The van der Waals surface area contributed by atoms with Crippen molar-refractivity contribution in [3.63, 3.8) is 0 Å². The molecule has 0 radical (unpaired) electrons. The first-order valence-electron chi connectivity index (χ1n) is 11.6. The molecule has 154 valence electrons. The molecule has 0 fully saturated rings. The van der Waals surface area contributed by atoms with Crippen LogP contribution in [0.3, 0.4) is 0 Å². The predicted octanol–water partition coefficient (Wildman–Crippen LogP) is 7.89. The van der Waals surface area contributed by atoms with Gasteiger partial charge in [-0.3, -0.25) is 0 Å². The van der Waals surface area contributed by atoms with Crippen molar-refractivity contribution in [3.8, 4) is 5.69 Å². The minimum atomic E-state index is 1.06. The van der Waals surface area contributed by atoms with E-state index in [1.165, 1.54) is 55.4 Å². The van der Waals surface area contributed by atoms with Crippen LogP contribution in [0.25, 0.3) is 50.2 Å². The van der Waals surface area contributed by atoms with E-state index in [0.717, 1.165) is 25.7 Å².